The third-order valence-corrected chi connectivity index (χ3v) is 3.71. The summed E-state index contributed by atoms with van der Waals surface area (Å²) in [6.45, 7) is 6.83. The normalized spacial score (nSPS) is 14.9. The van der Waals surface area contributed by atoms with Gasteiger partial charge >= 0.3 is 0 Å². The molecule has 3 nitrogen and oxygen atoms in total. The third-order valence-electron chi connectivity index (χ3n) is 3.71. The first kappa shape index (κ1) is 12.0. The van der Waals surface area contributed by atoms with Crippen molar-refractivity contribution in [1.29, 1.82) is 0 Å². The van der Waals surface area contributed by atoms with Crippen LogP contribution in [0.3, 0.4) is 0 Å². The van der Waals surface area contributed by atoms with Gasteiger partial charge in [-0.05, 0) is 30.5 Å². The number of anilines is 2. The summed E-state index contributed by atoms with van der Waals surface area (Å²) in [7, 11) is 0. The highest BCUT2D eigenvalue weighted by Gasteiger charge is 2.34. The summed E-state index contributed by atoms with van der Waals surface area (Å²) >= 11 is 0. The Hall–Kier alpha value is -1.51. The van der Waals surface area contributed by atoms with Crippen molar-refractivity contribution in [3.05, 3.63) is 23.8 Å². The van der Waals surface area contributed by atoms with Crippen molar-refractivity contribution in [3.63, 3.8) is 0 Å². The lowest BCUT2D eigenvalue weighted by atomic mass is 9.88. The molecule has 0 saturated heterocycles. The average molecular weight is 232 g/mol. The Bertz CT molecular complexity index is 452. The van der Waals surface area contributed by atoms with E-state index in [0.717, 1.165) is 30.8 Å². The van der Waals surface area contributed by atoms with Crippen LogP contribution >= 0.6 is 0 Å². The first-order valence-corrected chi connectivity index (χ1v) is 6.16. The maximum Gasteiger partial charge on any atom is 0.232 e. The molecule has 0 aromatic heterocycles. The molecule has 0 atom stereocenters. The van der Waals surface area contributed by atoms with Crippen molar-refractivity contribution < 1.29 is 4.79 Å². The Morgan fingerprint density at radius 2 is 2.18 bits per heavy atom. The lowest BCUT2D eigenvalue weighted by molar-refractivity contribution is -0.126. The predicted octanol–water partition coefficient (Wildman–Crippen LogP) is 2.59. The maximum absolute atomic E-state index is 12.5. The van der Waals surface area contributed by atoms with Crippen molar-refractivity contribution in [2.45, 2.75) is 33.6 Å². The highest BCUT2D eigenvalue weighted by molar-refractivity contribution is 5.99. The smallest absolute Gasteiger partial charge is 0.232 e. The largest absolute Gasteiger partial charge is 0.399 e. The van der Waals surface area contributed by atoms with Gasteiger partial charge in [0.25, 0.3) is 0 Å². The van der Waals surface area contributed by atoms with Crippen LogP contribution in [-0.4, -0.2) is 12.5 Å². The molecular formula is C14H20N2O. The summed E-state index contributed by atoms with van der Waals surface area (Å²) in [5.74, 6) is 0.198. The Morgan fingerprint density at radius 1 is 1.47 bits per heavy atom. The number of nitrogens with two attached hydrogens (primary N) is 1. The van der Waals surface area contributed by atoms with Crippen LogP contribution in [0.25, 0.3) is 0 Å². The van der Waals surface area contributed by atoms with E-state index in [-0.39, 0.29) is 11.3 Å². The van der Waals surface area contributed by atoms with Crippen LogP contribution < -0.4 is 10.6 Å². The Balaban J connectivity index is 2.34. The van der Waals surface area contributed by atoms with Gasteiger partial charge in [0, 0.05) is 23.3 Å². The van der Waals surface area contributed by atoms with Gasteiger partial charge in [-0.15, -0.1) is 0 Å². The minimum Gasteiger partial charge on any atom is -0.399 e. The Labute approximate surface area is 103 Å². The first-order valence-electron chi connectivity index (χ1n) is 6.16. The summed E-state index contributed by atoms with van der Waals surface area (Å²) in [4.78, 5) is 14.3. The first-order chi connectivity index (χ1) is 7.95. The zero-order chi connectivity index (χ0) is 12.6. The summed E-state index contributed by atoms with van der Waals surface area (Å²) in [5, 5.41) is 0. The Morgan fingerprint density at radius 3 is 2.82 bits per heavy atom. The highest BCUT2D eigenvalue weighted by Crippen LogP contribution is 2.34. The van der Waals surface area contributed by atoms with E-state index >= 15 is 0 Å². The molecule has 1 aliphatic rings. The fraction of sp³-hybridized carbons (Fsp3) is 0.500. The number of carbonyl (C=O) groups is 1. The van der Waals surface area contributed by atoms with Gasteiger partial charge in [-0.2, -0.15) is 0 Å². The molecule has 17 heavy (non-hydrogen) atoms. The van der Waals surface area contributed by atoms with Crippen molar-refractivity contribution in [1.82, 2.24) is 0 Å². The molecule has 0 unspecified atom stereocenters. The molecule has 0 spiro atoms. The van der Waals surface area contributed by atoms with Crippen molar-refractivity contribution >= 4 is 17.3 Å². The van der Waals surface area contributed by atoms with E-state index < -0.39 is 0 Å². The molecule has 1 aromatic carbocycles. The predicted molar refractivity (Wildman–Crippen MR) is 71.0 cm³/mol. The van der Waals surface area contributed by atoms with E-state index in [1.807, 2.05) is 43.9 Å². The van der Waals surface area contributed by atoms with Crippen LogP contribution in [0.15, 0.2) is 18.2 Å². The number of amides is 1. The van der Waals surface area contributed by atoms with Gasteiger partial charge in [-0.1, -0.05) is 26.8 Å². The van der Waals surface area contributed by atoms with Crippen molar-refractivity contribution in [2.24, 2.45) is 5.41 Å². The van der Waals surface area contributed by atoms with E-state index in [2.05, 4.69) is 0 Å². The molecule has 0 radical (unpaired) electrons. The number of rotatable bonds is 2. The monoisotopic (exact) mass is 232 g/mol. The molecule has 1 aromatic rings. The molecule has 2 rings (SSSR count). The minimum absolute atomic E-state index is 0.198. The molecule has 1 aliphatic heterocycles. The number of benzene rings is 1. The van der Waals surface area contributed by atoms with Crippen molar-refractivity contribution in [3.8, 4) is 0 Å². The van der Waals surface area contributed by atoms with Crippen LogP contribution in [-0.2, 0) is 11.2 Å². The minimum atomic E-state index is -0.299. The molecule has 1 heterocycles. The molecule has 0 saturated carbocycles. The maximum atomic E-state index is 12.5. The SMILES string of the molecule is CCC(C)(C)C(=O)N1CCc2ccc(N)cc21. The molecular weight excluding hydrogens is 212 g/mol. The van der Waals surface area contributed by atoms with Gasteiger partial charge in [0.2, 0.25) is 5.91 Å². The fourth-order valence-electron chi connectivity index (χ4n) is 2.12. The molecule has 2 N–H and O–H groups in total. The highest BCUT2D eigenvalue weighted by atomic mass is 16.2. The lowest BCUT2D eigenvalue weighted by Gasteiger charge is -2.28. The average Bonchev–Trinajstić information content (AvgIpc) is 2.70. The quantitative estimate of drug-likeness (QED) is 0.797. The summed E-state index contributed by atoms with van der Waals surface area (Å²) < 4.78 is 0. The standard InChI is InChI=1S/C14H20N2O/c1-4-14(2,3)13(17)16-8-7-10-5-6-11(15)9-12(10)16/h5-6,9H,4,7-8,15H2,1-3H3. The van der Waals surface area contributed by atoms with Gasteiger partial charge in [-0.3, -0.25) is 4.79 Å². The summed E-state index contributed by atoms with van der Waals surface area (Å²) in [6, 6.07) is 5.83. The van der Waals surface area contributed by atoms with Crippen molar-refractivity contribution in [2.75, 3.05) is 17.2 Å². The molecule has 0 fully saturated rings. The third kappa shape index (κ3) is 2.02. The van der Waals surface area contributed by atoms with Crippen LogP contribution in [0.1, 0.15) is 32.8 Å². The van der Waals surface area contributed by atoms with E-state index in [1.165, 1.54) is 5.56 Å². The second-order valence-corrected chi connectivity index (χ2v) is 5.33. The van der Waals surface area contributed by atoms with E-state index in [0.29, 0.717) is 0 Å². The van der Waals surface area contributed by atoms with Gasteiger partial charge in [0.1, 0.15) is 0 Å². The second-order valence-electron chi connectivity index (χ2n) is 5.33. The molecule has 92 valence electrons. The van der Waals surface area contributed by atoms with Crippen LogP contribution in [0, 0.1) is 5.41 Å². The zero-order valence-electron chi connectivity index (χ0n) is 10.8. The number of hydrogen-bond acceptors (Lipinski definition) is 2. The number of fused-ring (bicyclic) bond motifs is 1. The van der Waals surface area contributed by atoms with Crippen LogP contribution in [0.5, 0.6) is 0 Å². The number of nitrogen functional groups attached to an aromatic ring is 1. The molecule has 0 bridgehead atoms. The Kier molecular flexibility index (Phi) is 2.86. The van der Waals surface area contributed by atoms with Gasteiger partial charge in [-0.25, -0.2) is 0 Å². The zero-order valence-corrected chi connectivity index (χ0v) is 10.8. The summed E-state index contributed by atoms with van der Waals surface area (Å²) in [6.07, 6.45) is 1.78. The molecule has 3 heteroatoms. The molecule has 0 aliphatic carbocycles. The number of hydrogen-bond donors (Lipinski definition) is 1. The van der Waals surface area contributed by atoms with Gasteiger partial charge < -0.3 is 10.6 Å². The van der Waals surface area contributed by atoms with Gasteiger partial charge in [0.05, 0.1) is 0 Å². The van der Waals surface area contributed by atoms with E-state index in [1.54, 1.807) is 0 Å². The lowest BCUT2D eigenvalue weighted by Crippen LogP contribution is -2.39. The second kappa shape index (κ2) is 4.06. The molecule has 1 amide bonds. The van der Waals surface area contributed by atoms with Gasteiger partial charge in [0.15, 0.2) is 0 Å². The van der Waals surface area contributed by atoms with Crippen LogP contribution in [0.4, 0.5) is 11.4 Å². The van der Waals surface area contributed by atoms with Crippen LogP contribution in [0.2, 0.25) is 0 Å². The topological polar surface area (TPSA) is 46.3 Å². The fourth-order valence-corrected chi connectivity index (χ4v) is 2.12. The summed E-state index contributed by atoms with van der Waals surface area (Å²) in [5.41, 5.74) is 8.44. The number of nitrogens with zero attached hydrogens (tertiary/aromatic N) is 1. The van der Waals surface area contributed by atoms with E-state index in [4.69, 9.17) is 5.73 Å². The number of carbonyl (C=O) groups excluding carboxylic acids is 1. The van der Waals surface area contributed by atoms with E-state index in [9.17, 15) is 4.79 Å².